The number of carbonyl (C=O) groups is 1. The number of carbonyl (C=O) groups excluding carboxylic acids is 1. The van der Waals surface area contributed by atoms with Gasteiger partial charge in [-0.3, -0.25) is 15.2 Å². The SMILES string of the molecule is Cc1cnc(C(CCO)N(O)C(=O)OC(C)(C)C)cn1. The maximum absolute atomic E-state index is 11.8. The van der Waals surface area contributed by atoms with E-state index in [1.807, 2.05) is 0 Å². The molecule has 0 saturated heterocycles. The van der Waals surface area contributed by atoms with Crippen molar-refractivity contribution in [1.29, 1.82) is 0 Å². The van der Waals surface area contributed by atoms with Gasteiger partial charge in [-0.25, -0.2) is 4.79 Å². The molecule has 20 heavy (non-hydrogen) atoms. The number of rotatable bonds is 4. The average molecular weight is 283 g/mol. The van der Waals surface area contributed by atoms with Gasteiger partial charge in [0.25, 0.3) is 0 Å². The predicted molar refractivity (Wildman–Crippen MR) is 71.1 cm³/mol. The van der Waals surface area contributed by atoms with Gasteiger partial charge in [0.15, 0.2) is 0 Å². The molecule has 7 heteroatoms. The third-order valence-corrected chi connectivity index (χ3v) is 2.42. The summed E-state index contributed by atoms with van der Waals surface area (Å²) in [4.78, 5) is 20.0. The largest absolute Gasteiger partial charge is 0.442 e. The Kier molecular flexibility index (Phi) is 5.41. The minimum absolute atomic E-state index is 0.132. The number of ether oxygens (including phenoxy) is 1. The molecule has 0 spiro atoms. The van der Waals surface area contributed by atoms with Crippen LogP contribution in [0.15, 0.2) is 12.4 Å². The van der Waals surface area contributed by atoms with Crippen LogP contribution in [0.1, 0.15) is 44.6 Å². The van der Waals surface area contributed by atoms with E-state index in [1.54, 1.807) is 27.7 Å². The molecule has 1 aromatic heterocycles. The highest BCUT2D eigenvalue weighted by Crippen LogP contribution is 2.22. The molecule has 0 saturated carbocycles. The van der Waals surface area contributed by atoms with Crippen molar-refractivity contribution in [1.82, 2.24) is 15.0 Å². The first-order valence-corrected chi connectivity index (χ1v) is 6.35. The van der Waals surface area contributed by atoms with Gasteiger partial charge in [0.05, 0.1) is 17.6 Å². The number of aromatic nitrogens is 2. The van der Waals surface area contributed by atoms with E-state index >= 15 is 0 Å². The molecular formula is C13H21N3O4. The van der Waals surface area contributed by atoms with Gasteiger partial charge in [-0.2, -0.15) is 5.06 Å². The highest BCUT2D eigenvalue weighted by Gasteiger charge is 2.29. The van der Waals surface area contributed by atoms with Gasteiger partial charge in [-0.15, -0.1) is 0 Å². The molecule has 112 valence electrons. The van der Waals surface area contributed by atoms with Crippen molar-refractivity contribution >= 4 is 6.09 Å². The summed E-state index contributed by atoms with van der Waals surface area (Å²) in [5.41, 5.74) is 0.386. The highest BCUT2D eigenvalue weighted by molar-refractivity contribution is 5.67. The van der Waals surface area contributed by atoms with Crippen LogP contribution in [-0.2, 0) is 4.74 Å². The quantitative estimate of drug-likeness (QED) is 0.646. The average Bonchev–Trinajstić information content (AvgIpc) is 2.34. The molecule has 1 aromatic rings. The van der Waals surface area contributed by atoms with E-state index in [9.17, 15) is 10.0 Å². The van der Waals surface area contributed by atoms with Crippen molar-refractivity contribution in [3.05, 3.63) is 23.8 Å². The fourth-order valence-corrected chi connectivity index (χ4v) is 1.53. The van der Waals surface area contributed by atoms with E-state index in [0.717, 1.165) is 5.69 Å². The van der Waals surface area contributed by atoms with Crippen LogP contribution in [0.2, 0.25) is 0 Å². The van der Waals surface area contributed by atoms with Crippen molar-refractivity contribution in [3.63, 3.8) is 0 Å². The zero-order valence-corrected chi connectivity index (χ0v) is 12.2. The summed E-state index contributed by atoms with van der Waals surface area (Å²) in [5.74, 6) is 0. The second kappa shape index (κ2) is 6.62. The molecule has 1 rings (SSSR count). The standard InChI is InChI=1S/C13H21N3O4/c1-9-7-15-10(8-14-9)11(5-6-17)16(19)12(18)20-13(2,3)4/h7-8,11,17,19H,5-6H2,1-4H3. The van der Waals surface area contributed by atoms with Crippen LogP contribution >= 0.6 is 0 Å². The van der Waals surface area contributed by atoms with E-state index in [1.165, 1.54) is 12.4 Å². The number of nitrogens with zero attached hydrogens (tertiary/aromatic N) is 3. The molecule has 0 aromatic carbocycles. The molecule has 1 heterocycles. The fourth-order valence-electron chi connectivity index (χ4n) is 1.53. The van der Waals surface area contributed by atoms with Crippen molar-refractivity contribution < 1.29 is 19.8 Å². The normalized spacial score (nSPS) is 12.9. The number of hydrogen-bond acceptors (Lipinski definition) is 6. The Morgan fingerprint density at radius 3 is 2.50 bits per heavy atom. The maximum atomic E-state index is 11.8. The summed E-state index contributed by atoms with van der Waals surface area (Å²) in [7, 11) is 0. The Labute approximate surface area is 118 Å². The Balaban J connectivity index is 2.90. The summed E-state index contributed by atoms with van der Waals surface area (Å²) in [5, 5.41) is 19.5. The molecule has 1 unspecified atom stereocenters. The molecule has 0 aliphatic carbocycles. The summed E-state index contributed by atoms with van der Waals surface area (Å²) in [6.45, 7) is 6.67. The van der Waals surface area contributed by atoms with Gasteiger partial charge >= 0.3 is 6.09 Å². The zero-order chi connectivity index (χ0) is 15.3. The van der Waals surface area contributed by atoms with E-state index in [-0.39, 0.29) is 13.0 Å². The van der Waals surface area contributed by atoms with Crippen molar-refractivity contribution in [2.45, 2.75) is 45.8 Å². The van der Waals surface area contributed by atoms with E-state index in [4.69, 9.17) is 9.84 Å². The minimum atomic E-state index is -0.890. The van der Waals surface area contributed by atoms with Crippen LogP contribution in [0.25, 0.3) is 0 Å². The lowest BCUT2D eigenvalue weighted by molar-refractivity contribution is -0.126. The van der Waals surface area contributed by atoms with Crippen LogP contribution < -0.4 is 0 Å². The third-order valence-electron chi connectivity index (χ3n) is 2.42. The van der Waals surface area contributed by atoms with Gasteiger partial charge in [-0.1, -0.05) is 0 Å². The molecule has 0 bridgehead atoms. The number of aryl methyl sites for hydroxylation is 1. The molecule has 1 amide bonds. The first-order valence-electron chi connectivity index (χ1n) is 6.35. The Morgan fingerprint density at radius 2 is 2.05 bits per heavy atom. The summed E-state index contributed by atoms with van der Waals surface area (Å²) in [6.07, 6.45) is 2.23. The number of amides is 1. The second-order valence-electron chi connectivity index (χ2n) is 5.44. The Hall–Kier alpha value is -1.73. The van der Waals surface area contributed by atoms with Crippen LogP contribution in [0.4, 0.5) is 4.79 Å². The van der Waals surface area contributed by atoms with Gasteiger partial charge in [0, 0.05) is 12.8 Å². The first kappa shape index (κ1) is 16.3. The molecule has 2 N–H and O–H groups in total. The molecule has 0 radical (unpaired) electrons. The van der Waals surface area contributed by atoms with E-state index in [0.29, 0.717) is 10.8 Å². The summed E-state index contributed by atoms with van der Waals surface area (Å²) < 4.78 is 5.08. The highest BCUT2D eigenvalue weighted by atomic mass is 16.6. The van der Waals surface area contributed by atoms with Crippen molar-refractivity contribution in [2.24, 2.45) is 0 Å². The lowest BCUT2D eigenvalue weighted by atomic mass is 10.1. The Bertz CT molecular complexity index is 442. The second-order valence-corrected chi connectivity index (χ2v) is 5.44. The topological polar surface area (TPSA) is 95.8 Å². The number of aliphatic hydroxyl groups is 1. The predicted octanol–water partition coefficient (Wildman–Crippen LogP) is 1.83. The lowest BCUT2D eigenvalue weighted by Gasteiger charge is -2.28. The van der Waals surface area contributed by atoms with Crippen LogP contribution in [0, 0.1) is 6.92 Å². The minimum Gasteiger partial charge on any atom is -0.442 e. The summed E-state index contributed by atoms with van der Waals surface area (Å²) in [6, 6.07) is -0.803. The zero-order valence-electron chi connectivity index (χ0n) is 12.2. The van der Waals surface area contributed by atoms with Crippen LogP contribution in [0.3, 0.4) is 0 Å². The van der Waals surface area contributed by atoms with Gasteiger partial charge in [0.1, 0.15) is 11.6 Å². The van der Waals surface area contributed by atoms with Gasteiger partial charge in [0.2, 0.25) is 0 Å². The fraction of sp³-hybridized carbons (Fsp3) is 0.615. The molecule has 0 aliphatic heterocycles. The molecular weight excluding hydrogens is 262 g/mol. The van der Waals surface area contributed by atoms with Gasteiger partial charge < -0.3 is 9.84 Å². The van der Waals surface area contributed by atoms with Crippen LogP contribution in [0.5, 0.6) is 0 Å². The Morgan fingerprint density at radius 1 is 1.40 bits per heavy atom. The van der Waals surface area contributed by atoms with Crippen LogP contribution in [-0.4, -0.2) is 43.6 Å². The van der Waals surface area contributed by atoms with E-state index < -0.39 is 17.7 Å². The van der Waals surface area contributed by atoms with E-state index in [2.05, 4.69) is 9.97 Å². The van der Waals surface area contributed by atoms with Crippen molar-refractivity contribution in [2.75, 3.05) is 6.61 Å². The van der Waals surface area contributed by atoms with Crippen molar-refractivity contribution in [3.8, 4) is 0 Å². The third kappa shape index (κ3) is 4.75. The number of hydroxylamine groups is 2. The number of hydrogen-bond donors (Lipinski definition) is 2. The lowest BCUT2D eigenvalue weighted by Crippen LogP contribution is -2.37. The molecule has 7 nitrogen and oxygen atoms in total. The number of aliphatic hydroxyl groups excluding tert-OH is 1. The summed E-state index contributed by atoms with van der Waals surface area (Å²) >= 11 is 0. The monoisotopic (exact) mass is 283 g/mol. The maximum Gasteiger partial charge on any atom is 0.434 e. The molecule has 0 aliphatic rings. The smallest absolute Gasteiger partial charge is 0.434 e. The first-order chi connectivity index (χ1) is 9.24. The molecule has 1 atom stereocenters. The molecule has 0 fully saturated rings. The van der Waals surface area contributed by atoms with Gasteiger partial charge in [-0.05, 0) is 34.1 Å².